The van der Waals surface area contributed by atoms with Crippen LogP contribution in [-0.2, 0) is 16.0 Å². The van der Waals surface area contributed by atoms with Crippen LogP contribution in [0.15, 0.2) is 76.8 Å². The number of nitrogens with zero attached hydrogens (tertiary/aromatic N) is 1. The summed E-state index contributed by atoms with van der Waals surface area (Å²) in [5.41, 5.74) is 1.52. The van der Waals surface area contributed by atoms with Gasteiger partial charge in [0.1, 0.15) is 11.6 Å². The van der Waals surface area contributed by atoms with Gasteiger partial charge in [-0.2, -0.15) is 0 Å². The summed E-state index contributed by atoms with van der Waals surface area (Å²) in [6, 6.07) is 16.7. The fraction of sp³-hybridized carbons (Fsp3) is 0.154. The molecule has 2 N–H and O–H groups in total. The summed E-state index contributed by atoms with van der Waals surface area (Å²) in [5, 5.41) is 21.3. The van der Waals surface area contributed by atoms with Crippen molar-refractivity contribution in [3.63, 3.8) is 0 Å². The molecule has 1 fully saturated rings. The number of phenolic OH excluding ortho intramolecular Hbond substituents is 1. The minimum Gasteiger partial charge on any atom is -0.507 e. The zero-order valence-corrected chi connectivity index (χ0v) is 19.8. The molecule has 0 saturated carbocycles. The number of aromatic hydroxyl groups is 1. The van der Waals surface area contributed by atoms with E-state index in [9.17, 15) is 24.2 Å². The number of hydrogen-bond donors (Lipinski definition) is 2. The van der Waals surface area contributed by atoms with Gasteiger partial charge in [-0.1, -0.05) is 30.3 Å². The van der Waals surface area contributed by atoms with Gasteiger partial charge >= 0.3 is 0 Å². The molecule has 0 aromatic heterocycles. The smallest absolute Gasteiger partial charge is 0.295 e. The zero-order valence-electron chi connectivity index (χ0n) is 18.2. The van der Waals surface area contributed by atoms with Gasteiger partial charge in [0.2, 0.25) is 0 Å². The molecule has 3 aromatic carbocycles. The van der Waals surface area contributed by atoms with Gasteiger partial charge in [-0.25, -0.2) is 4.39 Å². The van der Waals surface area contributed by atoms with Crippen LogP contribution in [0.3, 0.4) is 0 Å². The lowest BCUT2D eigenvalue weighted by molar-refractivity contribution is -0.139. The Morgan fingerprint density at radius 1 is 1.09 bits per heavy atom. The van der Waals surface area contributed by atoms with E-state index < -0.39 is 29.3 Å². The molecular weight excluding hydrogens is 505 g/mol. The van der Waals surface area contributed by atoms with E-state index in [0.717, 1.165) is 17.7 Å². The van der Waals surface area contributed by atoms with Gasteiger partial charge in [0.25, 0.3) is 11.7 Å². The molecule has 6 nitrogen and oxygen atoms in total. The number of halogens is 2. The van der Waals surface area contributed by atoms with Crippen molar-refractivity contribution in [2.45, 2.75) is 12.5 Å². The molecule has 34 heavy (non-hydrogen) atoms. The van der Waals surface area contributed by atoms with Gasteiger partial charge in [0.05, 0.1) is 23.2 Å². The van der Waals surface area contributed by atoms with Crippen molar-refractivity contribution in [3.05, 3.63) is 99.3 Å². The van der Waals surface area contributed by atoms with Crippen molar-refractivity contribution in [1.29, 1.82) is 0 Å². The van der Waals surface area contributed by atoms with Crippen molar-refractivity contribution >= 4 is 33.4 Å². The highest BCUT2D eigenvalue weighted by molar-refractivity contribution is 9.10. The van der Waals surface area contributed by atoms with E-state index in [1.807, 2.05) is 30.3 Å². The maximum atomic E-state index is 13.4. The summed E-state index contributed by atoms with van der Waals surface area (Å²) in [5.74, 6) is -2.50. The number of hydrogen-bond acceptors (Lipinski definition) is 5. The number of aliphatic hydroxyl groups excluding tert-OH is 1. The standard InChI is InChI=1S/C26H21BrFNO5/c1-34-20-14-17(13-19(27)24(20)31)22-21(23(30)16-7-9-18(28)10-8-16)25(32)26(33)29(22)12-11-15-5-3-2-4-6-15/h2-10,13-14,22,30-31H,11-12H2,1H3/b23-21+. The lowest BCUT2D eigenvalue weighted by Crippen LogP contribution is -2.31. The molecule has 174 valence electrons. The van der Waals surface area contributed by atoms with Crippen LogP contribution in [0.2, 0.25) is 0 Å². The normalized spacial score (nSPS) is 17.3. The molecule has 1 heterocycles. The Bertz CT molecular complexity index is 1270. The van der Waals surface area contributed by atoms with Crippen LogP contribution < -0.4 is 4.74 Å². The van der Waals surface area contributed by atoms with Crippen molar-refractivity contribution < 1.29 is 28.9 Å². The Labute approximate surface area is 204 Å². The minimum absolute atomic E-state index is 0.121. The molecule has 0 radical (unpaired) electrons. The lowest BCUT2D eigenvalue weighted by Gasteiger charge is -2.26. The number of ketones is 1. The molecule has 4 rings (SSSR count). The molecule has 0 aliphatic carbocycles. The summed E-state index contributed by atoms with van der Waals surface area (Å²) in [4.78, 5) is 27.6. The number of benzene rings is 3. The predicted molar refractivity (Wildman–Crippen MR) is 128 cm³/mol. The summed E-state index contributed by atoms with van der Waals surface area (Å²) in [6.45, 7) is 0.209. The number of amides is 1. The van der Waals surface area contributed by atoms with Gasteiger partial charge in [0.15, 0.2) is 11.5 Å². The predicted octanol–water partition coefficient (Wildman–Crippen LogP) is 4.97. The zero-order chi connectivity index (χ0) is 24.4. The Balaban J connectivity index is 1.85. The van der Waals surface area contributed by atoms with E-state index in [0.29, 0.717) is 16.5 Å². The van der Waals surface area contributed by atoms with Crippen LogP contribution in [0.4, 0.5) is 4.39 Å². The molecular formula is C26H21BrFNO5. The van der Waals surface area contributed by atoms with E-state index in [1.54, 1.807) is 6.07 Å². The molecule has 0 spiro atoms. The van der Waals surface area contributed by atoms with Crippen LogP contribution in [0.5, 0.6) is 11.5 Å². The van der Waals surface area contributed by atoms with Crippen LogP contribution in [0.1, 0.15) is 22.7 Å². The number of likely N-dealkylation sites (tertiary alicyclic amines) is 1. The molecule has 1 amide bonds. The monoisotopic (exact) mass is 525 g/mol. The third-order valence-electron chi connectivity index (χ3n) is 5.73. The average Bonchev–Trinajstić information content (AvgIpc) is 3.10. The van der Waals surface area contributed by atoms with Crippen molar-refractivity contribution in [2.75, 3.05) is 13.7 Å². The number of aliphatic hydroxyl groups is 1. The number of carbonyl (C=O) groups excluding carboxylic acids is 2. The Kier molecular flexibility index (Phi) is 6.70. The van der Waals surface area contributed by atoms with Gasteiger partial charge in [-0.3, -0.25) is 9.59 Å². The van der Waals surface area contributed by atoms with E-state index in [1.165, 1.54) is 30.2 Å². The summed E-state index contributed by atoms with van der Waals surface area (Å²) >= 11 is 3.28. The van der Waals surface area contributed by atoms with E-state index >= 15 is 0 Å². The van der Waals surface area contributed by atoms with E-state index in [-0.39, 0.29) is 29.2 Å². The summed E-state index contributed by atoms with van der Waals surface area (Å²) in [7, 11) is 1.39. The van der Waals surface area contributed by atoms with Crippen LogP contribution >= 0.6 is 15.9 Å². The Hall–Kier alpha value is -3.65. The quantitative estimate of drug-likeness (QED) is 0.269. The first-order chi connectivity index (χ1) is 16.3. The third-order valence-corrected chi connectivity index (χ3v) is 6.33. The van der Waals surface area contributed by atoms with Crippen LogP contribution in [-0.4, -0.2) is 40.5 Å². The Morgan fingerprint density at radius 3 is 2.41 bits per heavy atom. The third kappa shape index (κ3) is 4.41. The summed E-state index contributed by atoms with van der Waals surface area (Å²) in [6.07, 6.45) is 0.483. The Morgan fingerprint density at radius 2 is 1.76 bits per heavy atom. The second-order valence-corrected chi connectivity index (χ2v) is 8.64. The number of methoxy groups -OCH3 is 1. The van der Waals surface area contributed by atoms with Crippen molar-refractivity contribution in [2.24, 2.45) is 0 Å². The largest absolute Gasteiger partial charge is 0.507 e. The highest BCUT2D eigenvalue weighted by Gasteiger charge is 2.46. The molecule has 3 aromatic rings. The van der Waals surface area contributed by atoms with Crippen LogP contribution in [0, 0.1) is 5.82 Å². The van der Waals surface area contributed by atoms with E-state index in [4.69, 9.17) is 4.74 Å². The molecule has 1 saturated heterocycles. The average molecular weight is 526 g/mol. The first kappa shape index (κ1) is 23.5. The molecule has 8 heteroatoms. The second-order valence-electron chi connectivity index (χ2n) is 7.79. The van der Waals surface area contributed by atoms with Gasteiger partial charge < -0.3 is 19.8 Å². The van der Waals surface area contributed by atoms with E-state index in [2.05, 4.69) is 15.9 Å². The molecule has 0 bridgehead atoms. The van der Waals surface area contributed by atoms with Crippen molar-refractivity contribution in [3.8, 4) is 11.5 Å². The first-order valence-corrected chi connectivity index (χ1v) is 11.3. The molecule has 1 aliphatic rings. The fourth-order valence-corrected chi connectivity index (χ4v) is 4.48. The minimum atomic E-state index is -0.945. The SMILES string of the molecule is COc1cc(C2/C(=C(\O)c3ccc(F)cc3)C(=O)C(=O)N2CCc2ccccc2)cc(Br)c1O. The summed E-state index contributed by atoms with van der Waals surface area (Å²) < 4.78 is 19.0. The number of phenols is 1. The number of rotatable bonds is 6. The highest BCUT2D eigenvalue weighted by Crippen LogP contribution is 2.44. The second kappa shape index (κ2) is 9.69. The molecule has 1 unspecified atom stereocenters. The number of carbonyl (C=O) groups is 2. The molecule has 1 atom stereocenters. The highest BCUT2D eigenvalue weighted by atomic mass is 79.9. The fourth-order valence-electron chi connectivity index (χ4n) is 4.02. The number of ether oxygens (including phenoxy) is 1. The topological polar surface area (TPSA) is 87.1 Å². The van der Waals surface area contributed by atoms with Gasteiger partial charge in [-0.05, 0) is 69.9 Å². The molecule has 1 aliphatic heterocycles. The van der Waals surface area contributed by atoms with Gasteiger partial charge in [-0.15, -0.1) is 0 Å². The first-order valence-electron chi connectivity index (χ1n) is 10.5. The van der Waals surface area contributed by atoms with Crippen molar-refractivity contribution in [1.82, 2.24) is 4.90 Å². The maximum absolute atomic E-state index is 13.4. The number of Topliss-reactive ketones (excluding diaryl/α,β-unsaturated/α-hetero) is 1. The van der Waals surface area contributed by atoms with Crippen LogP contribution in [0.25, 0.3) is 5.76 Å². The lowest BCUT2D eigenvalue weighted by atomic mass is 9.94. The van der Waals surface area contributed by atoms with Gasteiger partial charge in [0, 0.05) is 12.1 Å². The maximum Gasteiger partial charge on any atom is 0.295 e.